The molecule has 2 radical (unpaired) electrons. The number of rotatable bonds is 7. The van der Waals surface area contributed by atoms with Crippen LogP contribution in [0.2, 0.25) is 6.04 Å². The normalized spacial score (nSPS) is 10.0. The van der Waals surface area contributed by atoms with Crippen molar-refractivity contribution in [2.45, 2.75) is 32.2 Å². The number of unbranched alkanes of at least 4 members (excludes halogenated alkanes) is 2. The summed E-state index contributed by atoms with van der Waals surface area (Å²) in [6.07, 6.45) is 3.81. The van der Waals surface area contributed by atoms with E-state index < -0.39 is 0 Å². The van der Waals surface area contributed by atoms with Crippen molar-refractivity contribution in [1.82, 2.24) is 0 Å². The second-order valence-corrected chi connectivity index (χ2v) is 4.35. The Kier molecular flexibility index (Phi) is 5.93. The van der Waals surface area contributed by atoms with E-state index in [1.807, 2.05) is 24.3 Å². The summed E-state index contributed by atoms with van der Waals surface area (Å²) in [5, 5.41) is 0. The Hall–Kier alpha value is -0.963. The van der Waals surface area contributed by atoms with Crippen LogP contribution in [-0.2, 0) is 0 Å². The molecule has 0 aliphatic rings. The fourth-order valence-electron chi connectivity index (χ4n) is 1.28. The van der Waals surface area contributed by atoms with E-state index in [1.165, 1.54) is 19.3 Å². The van der Waals surface area contributed by atoms with E-state index >= 15 is 0 Å². The number of hydrogen-bond acceptors (Lipinski definition) is 2. The Morgan fingerprint density at radius 3 is 2.53 bits per heavy atom. The summed E-state index contributed by atoms with van der Waals surface area (Å²) in [4.78, 5) is 0. The van der Waals surface area contributed by atoms with Gasteiger partial charge < -0.3 is 9.16 Å². The van der Waals surface area contributed by atoms with Crippen LogP contribution in [0.1, 0.15) is 26.2 Å². The summed E-state index contributed by atoms with van der Waals surface area (Å²) in [5.41, 5.74) is 0. The zero-order valence-corrected chi connectivity index (χ0v) is 10.5. The molecule has 0 amide bonds. The third-order valence-electron chi connectivity index (χ3n) is 2.13. The van der Waals surface area contributed by atoms with Crippen molar-refractivity contribution < 1.29 is 9.16 Å². The second-order valence-electron chi connectivity index (χ2n) is 3.35. The van der Waals surface area contributed by atoms with Crippen LogP contribution in [0.5, 0.6) is 11.5 Å². The fourth-order valence-corrected chi connectivity index (χ4v) is 2.10. The lowest BCUT2D eigenvalue weighted by molar-refractivity contribution is 0.395. The predicted octanol–water partition coefficient (Wildman–Crippen LogP) is 3.30. The molecule has 0 saturated heterocycles. The van der Waals surface area contributed by atoms with Crippen LogP contribution in [0, 0.1) is 0 Å². The Labute approximate surface area is 94.5 Å². The molecule has 1 aromatic carbocycles. The molecule has 0 saturated carbocycles. The van der Waals surface area contributed by atoms with Gasteiger partial charge in [-0.2, -0.15) is 0 Å². The van der Waals surface area contributed by atoms with Gasteiger partial charge in [-0.15, -0.1) is 0 Å². The number of para-hydroxylation sites is 2. The highest BCUT2D eigenvalue weighted by Gasteiger charge is 2.02. The average Bonchev–Trinajstić information content (AvgIpc) is 2.29. The van der Waals surface area contributed by atoms with Gasteiger partial charge in [-0.1, -0.05) is 38.3 Å². The molecule has 0 aliphatic carbocycles. The minimum absolute atomic E-state index is 0.539. The molecule has 3 heteroatoms. The molecule has 0 unspecified atom stereocenters. The minimum Gasteiger partial charge on any atom is -0.538 e. The van der Waals surface area contributed by atoms with Gasteiger partial charge in [0, 0.05) is 0 Å². The van der Waals surface area contributed by atoms with Gasteiger partial charge in [0.1, 0.15) is 5.75 Å². The third kappa shape index (κ3) is 4.38. The van der Waals surface area contributed by atoms with Gasteiger partial charge in [0.05, 0.1) is 7.11 Å². The number of benzene rings is 1. The van der Waals surface area contributed by atoms with Crippen LogP contribution >= 0.6 is 0 Å². The molecule has 2 nitrogen and oxygen atoms in total. The van der Waals surface area contributed by atoms with E-state index in [0.717, 1.165) is 17.5 Å². The maximum Gasteiger partial charge on any atom is 0.310 e. The first kappa shape index (κ1) is 12.1. The number of methoxy groups -OCH3 is 1. The third-order valence-corrected chi connectivity index (χ3v) is 3.06. The molecule has 0 bridgehead atoms. The largest absolute Gasteiger partial charge is 0.538 e. The van der Waals surface area contributed by atoms with Crippen molar-refractivity contribution >= 4 is 9.76 Å². The minimum atomic E-state index is 0.539. The Bertz CT molecular complexity index is 276. The Morgan fingerprint density at radius 2 is 1.87 bits per heavy atom. The molecule has 15 heavy (non-hydrogen) atoms. The van der Waals surface area contributed by atoms with E-state index in [4.69, 9.17) is 9.16 Å². The predicted molar refractivity (Wildman–Crippen MR) is 63.7 cm³/mol. The molecule has 0 N–H and O–H groups in total. The standard InChI is InChI=1S/C12H18O2Si/c1-3-4-7-10-15-14-12-9-6-5-8-11(12)13-2/h5-6,8-9H,3-4,7,10H2,1-2H3. The van der Waals surface area contributed by atoms with Crippen molar-refractivity contribution in [3.8, 4) is 11.5 Å². The van der Waals surface area contributed by atoms with Gasteiger partial charge in [0.2, 0.25) is 0 Å². The summed E-state index contributed by atoms with van der Waals surface area (Å²) < 4.78 is 10.9. The Balaban J connectivity index is 2.30. The van der Waals surface area contributed by atoms with Gasteiger partial charge in [0.15, 0.2) is 5.75 Å². The van der Waals surface area contributed by atoms with E-state index in [9.17, 15) is 0 Å². The lowest BCUT2D eigenvalue weighted by Gasteiger charge is -2.09. The van der Waals surface area contributed by atoms with Crippen molar-refractivity contribution in [2.75, 3.05) is 7.11 Å². The van der Waals surface area contributed by atoms with Crippen LogP contribution in [0.25, 0.3) is 0 Å². The van der Waals surface area contributed by atoms with Crippen LogP contribution in [-0.4, -0.2) is 16.9 Å². The van der Waals surface area contributed by atoms with Gasteiger partial charge in [-0.25, -0.2) is 0 Å². The molecule has 0 aromatic heterocycles. The van der Waals surface area contributed by atoms with E-state index in [1.54, 1.807) is 7.11 Å². The van der Waals surface area contributed by atoms with Crippen molar-refractivity contribution in [3.05, 3.63) is 24.3 Å². The highest BCUT2D eigenvalue weighted by molar-refractivity contribution is 6.28. The highest BCUT2D eigenvalue weighted by atomic mass is 28.2. The molecule has 0 atom stereocenters. The van der Waals surface area contributed by atoms with Crippen molar-refractivity contribution in [3.63, 3.8) is 0 Å². The fraction of sp³-hybridized carbons (Fsp3) is 0.500. The maximum absolute atomic E-state index is 5.68. The number of ether oxygens (including phenoxy) is 1. The second kappa shape index (κ2) is 7.34. The topological polar surface area (TPSA) is 18.5 Å². The first-order valence-electron chi connectivity index (χ1n) is 5.41. The van der Waals surface area contributed by atoms with Crippen molar-refractivity contribution in [1.29, 1.82) is 0 Å². The quantitative estimate of drug-likeness (QED) is 0.520. The zero-order valence-electron chi connectivity index (χ0n) is 9.45. The summed E-state index contributed by atoms with van der Waals surface area (Å²) in [6, 6.07) is 8.93. The molecular weight excluding hydrogens is 204 g/mol. The zero-order chi connectivity index (χ0) is 10.9. The molecule has 0 heterocycles. The van der Waals surface area contributed by atoms with Gasteiger partial charge in [-0.05, 0) is 18.2 Å². The molecule has 1 aromatic rings. The van der Waals surface area contributed by atoms with E-state index in [0.29, 0.717) is 9.76 Å². The lowest BCUT2D eigenvalue weighted by Crippen LogP contribution is -2.02. The smallest absolute Gasteiger partial charge is 0.310 e. The summed E-state index contributed by atoms with van der Waals surface area (Å²) in [7, 11) is 2.21. The van der Waals surface area contributed by atoms with Crippen LogP contribution in [0.15, 0.2) is 24.3 Å². The SMILES string of the molecule is CCCCC[Si]Oc1ccccc1OC. The molecule has 1 rings (SSSR count). The first-order chi connectivity index (χ1) is 7.38. The van der Waals surface area contributed by atoms with Gasteiger partial charge in [-0.3, -0.25) is 0 Å². The van der Waals surface area contributed by atoms with E-state index in [2.05, 4.69) is 6.92 Å². The van der Waals surface area contributed by atoms with Crippen LogP contribution in [0.4, 0.5) is 0 Å². The lowest BCUT2D eigenvalue weighted by atomic mass is 10.3. The van der Waals surface area contributed by atoms with Crippen LogP contribution < -0.4 is 9.16 Å². The van der Waals surface area contributed by atoms with E-state index in [-0.39, 0.29) is 0 Å². The monoisotopic (exact) mass is 222 g/mol. The number of hydrogen-bond donors (Lipinski definition) is 0. The Morgan fingerprint density at radius 1 is 1.13 bits per heavy atom. The summed E-state index contributed by atoms with van der Waals surface area (Å²) in [5.74, 6) is 1.68. The maximum atomic E-state index is 5.68. The average molecular weight is 222 g/mol. The molecular formula is C12H18O2Si. The molecule has 0 aliphatic heterocycles. The van der Waals surface area contributed by atoms with Gasteiger partial charge >= 0.3 is 9.76 Å². The highest BCUT2D eigenvalue weighted by Crippen LogP contribution is 2.25. The first-order valence-corrected chi connectivity index (χ1v) is 6.52. The van der Waals surface area contributed by atoms with Crippen molar-refractivity contribution in [2.24, 2.45) is 0 Å². The molecule has 0 fully saturated rings. The summed E-state index contributed by atoms with van der Waals surface area (Å²) >= 11 is 0. The molecule has 0 spiro atoms. The molecule has 82 valence electrons. The van der Waals surface area contributed by atoms with Crippen LogP contribution in [0.3, 0.4) is 0 Å². The summed E-state index contributed by atoms with van der Waals surface area (Å²) in [6.45, 7) is 2.21. The van der Waals surface area contributed by atoms with Gasteiger partial charge in [0.25, 0.3) is 0 Å².